The third-order valence-corrected chi connectivity index (χ3v) is 6.08. The average Bonchev–Trinajstić information content (AvgIpc) is 3.04. The van der Waals surface area contributed by atoms with E-state index in [0.29, 0.717) is 6.10 Å². The molecule has 0 aromatic carbocycles. The molecule has 1 atom stereocenters. The lowest BCUT2D eigenvalue weighted by Crippen LogP contribution is -2.40. The summed E-state index contributed by atoms with van der Waals surface area (Å²) in [5.41, 5.74) is 5.45. The summed E-state index contributed by atoms with van der Waals surface area (Å²) in [7, 11) is 0. The summed E-state index contributed by atoms with van der Waals surface area (Å²) >= 11 is 1.87. The predicted octanol–water partition coefficient (Wildman–Crippen LogP) is 3.92. The smallest absolute Gasteiger partial charge is 0.0608 e. The van der Waals surface area contributed by atoms with Crippen LogP contribution in [0.25, 0.3) is 0 Å². The highest BCUT2D eigenvalue weighted by molar-refractivity contribution is 7.11. The first-order valence-electron chi connectivity index (χ1n) is 9.11. The Labute approximate surface area is 145 Å². The molecule has 0 radical (unpaired) electrons. The first-order chi connectivity index (χ1) is 11.0. The molecule has 3 fully saturated rings. The molecule has 0 amide bonds. The van der Waals surface area contributed by atoms with Gasteiger partial charge in [-0.1, -0.05) is 13.3 Å². The topological polar surface area (TPSA) is 55.5 Å². The number of thiophene rings is 1. The number of ether oxygens (including phenoxy) is 1. The van der Waals surface area contributed by atoms with Crippen molar-refractivity contribution in [1.82, 2.24) is 0 Å². The Balaban J connectivity index is 0.000000198. The summed E-state index contributed by atoms with van der Waals surface area (Å²) in [4.78, 5) is 2.83. The van der Waals surface area contributed by atoms with Crippen LogP contribution >= 0.6 is 11.3 Å². The summed E-state index contributed by atoms with van der Waals surface area (Å²) in [5.74, 6) is 0.931. The van der Waals surface area contributed by atoms with E-state index in [4.69, 9.17) is 15.6 Å². The fourth-order valence-corrected chi connectivity index (χ4v) is 4.28. The number of hydrogen-bond acceptors (Lipinski definition) is 4. The molecule has 4 rings (SSSR count). The summed E-state index contributed by atoms with van der Waals surface area (Å²) in [6.07, 6.45) is 10.4. The summed E-state index contributed by atoms with van der Waals surface area (Å²) in [6, 6.07) is 4.39. The van der Waals surface area contributed by atoms with Crippen molar-refractivity contribution in [3.05, 3.63) is 21.9 Å². The fourth-order valence-electron chi connectivity index (χ4n) is 3.16. The van der Waals surface area contributed by atoms with Gasteiger partial charge in [0.05, 0.1) is 12.7 Å². The molecule has 3 heterocycles. The van der Waals surface area contributed by atoms with E-state index in [-0.39, 0.29) is 6.61 Å². The Hall–Kier alpha value is -0.420. The van der Waals surface area contributed by atoms with Gasteiger partial charge in [0.25, 0.3) is 0 Å². The normalized spacial score (nSPS) is 25.6. The summed E-state index contributed by atoms with van der Waals surface area (Å²) in [6.45, 7) is 5.21. The van der Waals surface area contributed by atoms with E-state index < -0.39 is 5.54 Å². The second-order valence-corrected chi connectivity index (χ2v) is 8.66. The van der Waals surface area contributed by atoms with Gasteiger partial charge < -0.3 is 15.6 Å². The summed E-state index contributed by atoms with van der Waals surface area (Å²) < 4.78 is 5.48. The molecule has 1 saturated carbocycles. The molecule has 3 N–H and O–H groups in total. The maximum Gasteiger partial charge on any atom is 0.0608 e. The molecule has 2 aliphatic heterocycles. The van der Waals surface area contributed by atoms with Crippen molar-refractivity contribution in [1.29, 1.82) is 0 Å². The van der Waals surface area contributed by atoms with Gasteiger partial charge >= 0.3 is 0 Å². The molecule has 2 saturated heterocycles. The highest BCUT2D eigenvalue weighted by atomic mass is 32.1. The molecule has 1 aromatic rings. The van der Waals surface area contributed by atoms with Crippen molar-refractivity contribution in [3.8, 4) is 0 Å². The Morgan fingerprint density at radius 1 is 1.22 bits per heavy atom. The van der Waals surface area contributed by atoms with Gasteiger partial charge in [-0.2, -0.15) is 0 Å². The lowest BCUT2D eigenvalue weighted by atomic mass is 9.85. The molecule has 1 aromatic heterocycles. The second-order valence-electron chi connectivity index (χ2n) is 7.41. The van der Waals surface area contributed by atoms with Crippen LogP contribution in [0, 0.1) is 5.92 Å². The van der Waals surface area contributed by atoms with E-state index >= 15 is 0 Å². The van der Waals surface area contributed by atoms with E-state index in [1.807, 2.05) is 18.3 Å². The number of fused-ring (bicyclic) bond motifs is 3. The van der Waals surface area contributed by atoms with Gasteiger partial charge in [-0.3, -0.25) is 0 Å². The van der Waals surface area contributed by atoms with E-state index in [0.717, 1.165) is 25.4 Å². The standard InChI is InChI=1S/C12H21NOS.C7H12O/c1-3-4-10-5-6-11(15-10)7-8-12(2,13)9-14;1-3-7-4-2-6(1)5-8-7/h5-6,14H,3-4,7-9,13H2,1-2H3;6-7H,1-5H2. The van der Waals surface area contributed by atoms with Gasteiger partial charge in [0.1, 0.15) is 0 Å². The Kier molecular flexibility index (Phi) is 7.54. The highest BCUT2D eigenvalue weighted by Crippen LogP contribution is 2.32. The summed E-state index contributed by atoms with van der Waals surface area (Å²) in [5, 5.41) is 9.04. The van der Waals surface area contributed by atoms with Crippen molar-refractivity contribution < 1.29 is 9.84 Å². The van der Waals surface area contributed by atoms with Gasteiger partial charge in [0, 0.05) is 21.9 Å². The Morgan fingerprint density at radius 2 is 1.87 bits per heavy atom. The molecule has 2 bridgehead atoms. The first kappa shape index (κ1) is 18.9. The van der Waals surface area contributed by atoms with Crippen LogP contribution in [0.4, 0.5) is 0 Å². The van der Waals surface area contributed by atoms with E-state index in [9.17, 15) is 0 Å². The van der Waals surface area contributed by atoms with Crippen LogP contribution in [0.1, 0.15) is 62.1 Å². The maximum atomic E-state index is 9.04. The molecule has 132 valence electrons. The van der Waals surface area contributed by atoms with Crippen LogP contribution in [-0.4, -0.2) is 30.0 Å². The molecule has 0 spiro atoms. The average molecular weight is 340 g/mol. The minimum atomic E-state index is -0.436. The van der Waals surface area contributed by atoms with Gasteiger partial charge in [0.2, 0.25) is 0 Å². The van der Waals surface area contributed by atoms with Crippen molar-refractivity contribution in [2.75, 3.05) is 13.2 Å². The number of hydrogen-bond donors (Lipinski definition) is 2. The molecule has 3 aliphatic rings. The molecular formula is C19H33NO2S. The number of aryl methyl sites for hydroxylation is 2. The minimum Gasteiger partial charge on any atom is -0.394 e. The van der Waals surface area contributed by atoms with Crippen molar-refractivity contribution in [3.63, 3.8) is 0 Å². The van der Waals surface area contributed by atoms with E-state index in [2.05, 4.69) is 19.1 Å². The van der Waals surface area contributed by atoms with Crippen LogP contribution in [0.15, 0.2) is 12.1 Å². The van der Waals surface area contributed by atoms with Crippen molar-refractivity contribution >= 4 is 11.3 Å². The quantitative estimate of drug-likeness (QED) is 0.826. The maximum absolute atomic E-state index is 9.04. The third kappa shape index (κ3) is 6.54. The van der Waals surface area contributed by atoms with Crippen LogP contribution in [-0.2, 0) is 17.6 Å². The number of aliphatic hydroxyl groups excluding tert-OH is 1. The largest absolute Gasteiger partial charge is 0.394 e. The van der Waals surface area contributed by atoms with Crippen LogP contribution in [0.2, 0.25) is 0 Å². The van der Waals surface area contributed by atoms with Gasteiger partial charge in [-0.15, -0.1) is 11.3 Å². The minimum absolute atomic E-state index is 0.0557. The fraction of sp³-hybridized carbons (Fsp3) is 0.789. The number of nitrogens with two attached hydrogens (primary N) is 1. The van der Waals surface area contributed by atoms with Gasteiger partial charge in [-0.05, 0) is 69.9 Å². The van der Waals surface area contributed by atoms with Crippen LogP contribution in [0.3, 0.4) is 0 Å². The van der Waals surface area contributed by atoms with E-state index in [1.165, 1.54) is 48.3 Å². The zero-order valence-electron chi connectivity index (χ0n) is 14.7. The number of aliphatic hydroxyl groups is 1. The van der Waals surface area contributed by atoms with Gasteiger partial charge in [-0.25, -0.2) is 0 Å². The zero-order chi connectivity index (χ0) is 16.7. The molecular weight excluding hydrogens is 306 g/mol. The third-order valence-electron chi connectivity index (χ3n) is 4.88. The zero-order valence-corrected chi connectivity index (χ0v) is 15.5. The lowest BCUT2D eigenvalue weighted by molar-refractivity contribution is -0.0615. The van der Waals surface area contributed by atoms with Crippen molar-refractivity contribution in [2.45, 2.75) is 76.9 Å². The first-order valence-corrected chi connectivity index (χ1v) is 9.93. The van der Waals surface area contributed by atoms with Crippen molar-refractivity contribution in [2.24, 2.45) is 11.7 Å². The molecule has 3 nitrogen and oxygen atoms in total. The van der Waals surface area contributed by atoms with E-state index in [1.54, 1.807) is 0 Å². The molecule has 23 heavy (non-hydrogen) atoms. The molecule has 1 unspecified atom stereocenters. The van der Waals surface area contributed by atoms with Crippen LogP contribution in [0.5, 0.6) is 0 Å². The molecule has 4 heteroatoms. The van der Waals surface area contributed by atoms with Crippen LogP contribution < -0.4 is 5.73 Å². The number of rotatable bonds is 6. The SMILES string of the molecule is C1CC2CCC1CO2.CCCc1ccc(CCC(C)(N)CO)s1. The highest BCUT2D eigenvalue weighted by Gasteiger charge is 2.27. The molecule has 1 aliphatic carbocycles. The Bertz CT molecular complexity index is 427. The second kappa shape index (κ2) is 9.16. The monoisotopic (exact) mass is 339 g/mol. The lowest BCUT2D eigenvalue weighted by Gasteiger charge is -2.35. The Morgan fingerprint density at radius 3 is 2.26 bits per heavy atom. The predicted molar refractivity (Wildman–Crippen MR) is 98.0 cm³/mol. The van der Waals surface area contributed by atoms with Gasteiger partial charge in [0.15, 0.2) is 0 Å².